The van der Waals surface area contributed by atoms with Crippen molar-refractivity contribution in [3.63, 3.8) is 0 Å². The molecule has 1 unspecified atom stereocenters. The molecule has 0 spiro atoms. The molecule has 0 saturated carbocycles. The standard InChI is InChI=1S/C19H10F6/c20-17(19(23,24)25)18(21,22)14-9-7-12-5-4-10-2-1-3-11-6-8-13(14)16(12)15(10)11/h1-9,17H. The Hall–Kier alpha value is -2.50. The van der Waals surface area contributed by atoms with E-state index in [1.54, 1.807) is 30.3 Å². The molecule has 0 heterocycles. The van der Waals surface area contributed by atoms with Crippen molar-refractivity contribution in [1.29, 1.82) is 0 Å². The second-order valence-corrected chi connectivity index (χ2v) is 6.00. The summed E-state index contributed by atoms with van der Waals surface area (Å²) < 4.78 is 79.9. The summed E-state index contributed by atoms with van der Waals surface area (Å²) in [6, 6.07) is 14.0. The molecule has 0 radical (unpaired) electrons. The van der Waals surface area contributed by atoms with E-state index in [9.17, 15) is 26.3 Å². The van der Waals surface area contributed by atoms with Gasteiger partial charge in [0.2, 0.25) is 0 Å². The van der Waals surface area contributed by atoms with Gasteiger partial charge in [-0.2, -0.15) is 22.0 Å². The van der Waals surface area contributed by atoms with Crippen LogP contribution < -0.4 is 0 Å². The molecule has 0 aliphatic rings. The van der Waals surface area contributed by atoms with Crippen molar-refractivity contribution in [3.8, 4) is 0 Å². The molecular weight excluding hydrogens is 342 g/mol. The van der Waals surface area contributed by atoms with Crippen LogP contribution in [0, 0.1) is 0 Å². The second-order valence-electron chi connectivity index (χ2n) is 6.00. The van der Waals surface area contributed by atoms with Gasteiger partial charge in [0, 0.05) is 5.56 Å². The molecule has 0 aromatic heterocycles. The maximum atomic E-state index is 14.3. The van der Waals surface area contributed by atoms with Crippen LogP contribution in [-0.4, -0.2) is 12.3 Å². The molecular formula is C19H10F6. The minimum absolute atomic E-state index is 0.0706. The molecule has 4 aromatic carbocycles. The largest absolute Gasteiger partial charge is 0.426 e. The summed E-state index contributed by atoms with van der Waals surface area (Å²) >= 11 is 0. The molecule has 0 aliphatic heterocycles. The molecule has 25 heavy (non-hydrogen) atoms. The van der Waals surface area contributed by atoms with E-state index in [1.165, 1.54) is 12.1 Å². The fourth-order valence-corrected chi connectivity index (χ4v) is 3.37. The van der Waals surface area contributed by atoms with Crippen molar-refractivity contribution in [2.75, 3.05) is 0 Å². The fourth-order valence-electron chi connectivity index (χ4n) is 3.37. The van der Waals surface area contributed by atoms with Gasteiger partial charge >= 0.3 is 12.1 Å². The number of halogens is 6. The van der Waals surface area contributed by atoms with Crippen molar-refractivity contribution in [1.82, 2.24) is 0 Å². The van der Waals surface area contributed by atoms with Gasteiger partial charge in [0.05, 0.1) is 0 Å². The molecule has 0 N–H and O–H groups in total. The number of hydrogen-bond acceptors (Lipinski definition) is 0. The van der Waals surface area contributed by atoms with Crippen molar-refractivity contribution >= 4 is 32.3 Å². The van der Waals surface area contributed by atoms with Crippen LogP contribution in [0.25, 0.3) is 32.3 Å². The molecule has 0 bridgehead atoms. The Bertz CT molecular complexity index is 1060. The maximum absolute atomic E-state index is 14.3. The van der Waals surface area contributed by atoms with Crippen molar-refractivity contribution in [2.45, 2.75) is 18.3 Å². The molecule has 4 aromatic rings. The Morgan fingerprint density at radius 3 is 1.76 bits per heavy atom. The van der Waals surface area contributed by atoms with Crippen LogP contribution in [0.1, 0.15) is 5.56 Å². The smallest absolute Gasteiger partial charge is 0.230 e. The number of alkyl halides is 6. The van der Waals surface area contributed by atoms with Crippen LogP contribution >= 0.6 is 0 Å². The number of hydrogen-bond donors (Lipinski definition) is 0. The molecule has 0 aliphatic carbocycles. The highest BCUT2D eigenvalue weighted by atomic mass is 19.4. The maximum Gasteiger partial charge on any atom is 0.426 e. The summed E-state index contributed by atoms with van der Waals surface area (Å²) in [6.07, 6.45) is -9.91. The molecule has 0 amide bonds. The predicted molar refractivity (Wildman–Crippen MR) is 85.0 cm³/mol. The molecule has 128 valence electrons. The summed E-state index contributed by atoms with van der Waals surface area (Å²) in [5.41, 5.74) is -0.955. The van der Waals surface area contributed by atoms with Crippen LogP contribution in [-0.2, 0) is 5.92 Å². The Kier molecular flexibility index (Phi) is 3.20. The van der Waals surface area contributed by atoms with E-state index in [4.69, 9.17) is 0 Å². The van der Waals surface area contributed by atoms with E-state index in [0.29, 0.717) is 16.2 Å². The minimum Gasteiger partial charge on any atom is -0.230 e. The van der Waals surface area contributed by atoms with Crippen LogP contribution in [0.5, 0.6) is 0 Å². The first-order chi connectivity index (χ1) is 11.7. The van der Waals surface area contributed by atoms with Gasteiger partial charge in [0.15, 0.2) is 0 Å². The SMILES string of the molecule is FC(C(F)(F)F)C(F)(F)c1ccc2ccc3cccc4ccc1c2c34. The predicted octanol–water partition coefficient (Wildman–Crippen LogP) is 6.58. The number of benzene rings is 4. The lowest BCUT2D eigenvalue weighted by Gasteiger charge is -2.25. The van der Waals surface area contributed by atoms with Crippen LogP contribution in [0.4, 0.5) is 26.3 Å². The van der Waals surface area contributed by atoms with Gasteiger partial charge in [0.1, 0.15) is 0 Å². The average Bonchev–Trinajstić information content (AvgIpc) is 2.58. The molecule has 1 atom stereocenters. The molecule has 0 saturated heterocycles. The highest BCUT2D eigenvalue weighted by Gasteiger charge is 2.58. The van der Waals surface area contributed by atoms with Crippen LogP contribution in [0.15, 0.2) is 54.6 Å². The van der Waals surface area contributed by atoms with E-state index in [2.05, 4.69) is 0 Å². The third kappa shape index (κ3) is 2.23. The van der Waals surface area contributed by atoms with Gasteiger partial charge in [-0.3, -0.25) is 0 Å². The first kappa shape index (κ1) is 16.0. The lowest BCUT2D eigenvalue weighted by atomic mass is 9.89. The van der Waals surface area contributed by atoms with Gasteiger partial charge in [0.25, 0.3) is 6.17 Å². The van der Waals surface area contributed by atoms with E-state index < -0.39 is 23.8 Å². The zero-order chi connectivity index (χ0) is 18.0. The van der Waals surface area contributed by atoms with Gasteiger partial charge in [-0.1, -0.05) is 54.6 Å². The van der Waals surface area contributed by atoms with Crippen molar-refractivity contribution in [2.24, 2.45) is 0 Å². The molecule has 4 rings (SSSR count). The summed E-state index contributed by atoms with van der Waals surface area (Å²) in [7, 11) is 0. The lowest BCUT2D eigenvalue weighted by molar-refractivity contribution is -0.247. The van der Waals surface area contributed by atoms with E-state index in [-0.39, 0.29) is 5.39 Å². The third-order valence-electron chi connectivity index (χ3n) is 4.49. The Balaban J connectivity index is 2.09. The Labute approximate surface area is 138 Å². The van der Waals surface area contributed by atoms with Crippen molar-refractivity contribution in [3.05, 3.63) is 60.2 Å². The van der Waals surface area contributed by atoms with Crippen molar-refractivity contribution < 1.29 is 26.3 Å². The molecule has 0 fully saturated rings. The highest BCUT2D eigenvalue weighted by Crippen LogP contribution is 2.46. The van der Waals surface area contributed by atoms with E-state index in [1.807, 2.05) is 6.07 Å². The quantitative estimate of drug-likeness (QED) is 0.282. The van der Waals surface area contributed by atoms with Gasteiger partial charge < -0.3 is 0 Å². The summed E-state index contributed by atoms with van der Waals surface area (Å²) in [5.74, 6) is -4.68. The molecule has 0 nitrogen and oxygen atoms in total. The third-order valence-corrected chi connectivity index (χ3v) is 4.49. The highest BCUT2D eigenvalue weighted by molar-refractivity contribution is 6.23. The average molecular weight is 352 g/mol. The normalized spacial score (nSPS) is 14.6. The topological polar surface area (TPSA) is 0 Å². The summed E-state index contributed by atoms with van der Waals surface area (Å²) in [4.78, 5) is 0. The zero-order valence-corrected chi connectivity index (χ0v) is 12.5. The van der Waals surface area contributed by atoms with Crippen LogP contribution in [0.3, 0.4) is 0 Å². The van der Waals surface area contributed by atoms with E-state index >= 15 is 0 Å². The van der Waals surface area contributed by atoms with Gasteiger partial charge in [-0.15, -0.1) is 0 Å². The minimum atomic E-state index is -5.65. The fraction of sp³-hybridized carbons (Fsp3) is 0.158. The van der Waals surface area contributed by atoms with Gasteiger partial charge in [-0.25, -0.2) is 4.39 Å². The monoisotopic (exact) mass is 352 g/mol. The first-order valence-electron chi connectivity index (χ1n) is 7.47. The Morgan fingerprint density at radius 2 is 1.16 bits per heavy atom. The molecule has 6 heteroatoms. The zero-order valence-electron chi connectivity index (χ0n) is 12.5. The summed E-state index contributed by atoms with van der Waals surface area (Å²) in [5, 5.41) is 3.20. The van der Waals surface area contributed by atoms with Crippen LogP contribution in [0.2, 0.25) is 0 Å². The number of rotatable bonds is 2. The summed E-state index contributed by atoms with van der Waals surface area (Å²) in [6.45, 7) is 0. The second kappa shape index (κ2) is 5.00. The lowest BCUT2D eigenvalue weighted by Crippen LogP contribution is -2.39. The Morgan fingerprint density at radius 1 is 0.640 bits per heavy atom. The van der Waals surface area contributed by atoms with Gasteiger partial charge in [-0.05, 0) is 32.3 Å². The van der Waals surface area contributed by atoms with E-state index in [0.717, 1.165) is 16.8 Å². The first-order valence-corrected chi connectivity index (χ1v) is 7.47.